The van der Waals surface area contributed by atoms with Crippen molar-refractivity contribution in [2.24, 2.45) is 0 Å². The van der Waals surface area contributed by atoms with Gasteiger partial charge in [0.1, 0.15) is 0 Å². The van der Waals surface area contributed by atoms with Crippen LogP contribution in [0.3, 0.4) is 0 Å². The predicted octanol–water partition coefficient (Wildman–Crippen LogP) is 4.14. The van der Waals surface area contributed by atoms with E-state index in [1.54, 1.807) is 12.1 Å². The van der Waals surface area contributed by atoms with Crippen LogP contribution in [0.25, 0.3) is 0 Å². The van der Waals surface area contributed by atoms with Crippen LogP contribution in [0, 0.1) is 11.6 Å². The van der Waals surface area contributed by atoms with E-state index in [0.29, 0.717) is 17.8 Å². The molecule has 2 rings (SSSR count). The van der Waals surface area contributed by atoms with E-state index in [1.807, 2.05) is 18.4 Å². The zero-order valence-corrected chi connectivity index (χ0v) is 14.0. The van der Waals surface area contributed by atoms with Crippen molar-refractivity contribution in [3.8, 4) is 0 Å². The lowest BCUT2D eigenvalue weighted by atomic mass is 10.2. The highest BCUT2D eigenvalue weighted by Gasteiger charge is 2.17. The van der Waals surface area contributed by atoms with Gasteiger partial charge in [-0.1, -0.05) is 23.7 Å². The summed E-state index contributed by atoms with van der Waals surface area (Å²) in [6.07, 6.45) is 1.86. The lowest BCUT2D eigenvalue weighted by Gasteiger charge is -2.10. The Morgan fingerprint density at radius 1 is 1.21 bits per heavy atom. The number of para-hydroxylation sites is 1. The number of benzene rings is 2. The summed E-state index contributed by atoms with van der Waals surface area (Å²) < 4.78 is 30.9. The first-order valence-corrected chi connectivity index (χ1v) is 8.27. The third-order valence-electron chi connectivity index (χ3n) is 2.95. The van der Waals surface area contributed by atoms with E-state index in [-0.39, 0.29) is 10.6 Å². The lowest BCUT2D eigenvalue weighted by Crippen LogP contribution is -2.21. The van der Waals surface area contributed by atoms with Crippen molar-refractivity contribution in [3.05, 3.63) is 58.6 Å². The van der Waals surface area contributed by atoms with Gasteiger partial charge < -0.3 is 10.1 Å². The second-order valence-corrected chi connectivity index (χ2v) is 5.83. The Kier molecular flexibility index (Phi) is 6.16. The topological polar surface area (TPSA) is 55.4 Å². The molecular formula is C16H12ClF2NO3S. The van der Waals surface area contributed by atoms with Gasteiger partial charge in [0.05, 0.1) is 16.3 Å². The highest BCUT2D eigenvalue weighted by Crippen LogP contribution is 2.24. The Balaban J connectivity index is 1.99. The molecule has 2 aromatic carbocycles. The first kappa shape index (κ1) is 18.2. The molecule has 0 aromatic heterocycles. The number of amides is 1. The zero-order chi connectivity index (χ0) is 17.7. The Labute approximate surface area is 146 Å². The van der Waals surface area contributed by atoms with E-state index < -0.39 is 30.1 Å². The Morgan fingerprint density at radius 2 is 1.88 bits per heavy atom. The molecular weight excluding hydrogens is 360 g/mol. The minimum absolute atomic E-state index is 0.299. The number of halogens is 3. The maximum absolute atomic E-state index is 13.2. The summed E-state index contributed by atoms with van der Waals surface area (Å²) in [7, 11) is 0. The van der Waals surface area contributed by atoms with Gasteiger partial charge in [-0.05, 0) is 30.5 Å². The molecule has 0 atom stereocenters. The smallest absolute Gasteiger partial charge is 0.340 e. The van der Waals surface area contributed by atoms with Crippen LogP contribution in [0.4, 0.5) is 14.5 Å². The largest absolute Gasteiger partial charge is 0.452 e. The standard InChI is InChI=1S/C16H12ClF2NO3S/c1-24-14-5-3-2-4-13(14)20-15(21)8-23-16(22)9-6-11(18)12(19)7-10(9)17/h2-7H,8H2,1H3,(H,20,21). The van der Waals surface area contributed by atoms with Gasteiger partial charge in [-0.3, -0.25) is 4.79 Å². The molecule has 8 heteroatoms. The van der Waals surface area contributed by atoms with Crippen molar-refractivity contribution in [2.75, 3.05) is 18.2 Å². The van der Waals surface area contributed by atoms with Crippen LogP contribution in [-0.4, -0.2) is 24.7 Å². The fraction of sp³-hybridized carbons (Fsp3) is 0.125. The fourth-order valence-electron chi connectivity index (χ4n) is 1.82. The maximum Gasteiger partial charge on any atom is 0.340 e. The Morgan fingerprint density at radius 3 is 2.58 bits per heavy atom. The molecule has 1 N–H and O–H groups in total. The number of hydrogen-bond acceptors (Lipinski definition) is 4. The number of anilines is 1. The van der Waals surface area contributed by atoms with Crippen LogP contribution in [0.15, 0.2) is 41.3 Å². The number of carbonyl (C=O) groups excluding carboxylic acids is 2. The van der Waals surface area contributed by atoms with Gasteiger partial charge in [-0.25, -0.2) is 13.6 Å². The zero-order valence-electron chi connectivity index (χ0n) is 12.4. The van der Waals surface area contributed by atoms with Crippen molar-refractivity contribution in [1.82, 2.24) is 0 Å². The van der Waals surface area contributed by atoms with Crippen molar-refractivity contribution in [2.45, 2.75) is 4.90 Å². The third-order valence-corrected chi connectivity index (χ3v) is 4.05. The van der Waals surface area contributed by atoms with Crippen LogP contribution in [-0.2, 0) is 9.53 Å². The number of rotatable bonds is 5. The van der Waals surface area contributed by atoms with Gasteiger partial charge in [0, 0.05) is 4.90 Å². The molecule has 0 fully saturated rings. The van der Waals surface area contributed by atoms with Crippen LogP contribution >= 0.6 is 23.4 Å². The van der Waals surface area contributed by atoms with E-state index in [0.717, 1.165) is 4.90 Å². The average molecular weight is 372 g/mol. The quantitative estimate of drug-likeness (QED) is 0.487. The molecule has 2 aromatic rings. The highest BCUT2D eigenvalue weighted by atomic mass is 35.5. The molecule has 0 aliphatic heterocycles. The summed E-state index contributed by atoms with van der Waals surface area (Å²) >= 11 is 7.12. The van der Waals surface area contributed by atoms with Gasteiger partial charge in [-0.15, -0.1) is 11.8 Å². The molecule has 0 aliphatic rings. The molecule has 0 bridgehead atoms. The number of ether oxygens (including phenoxy) is 1. The summed E-state index contributed by atoms with van der Waals surface area (Å²) in [6.45, 7) is -0.586. The monoisotopic (exact) mass is 371 g/mol. The Bertz CT molecular complexity index is 786. The van der Waals surface area contributed by atoms with E-state index in [4.69, 9.17) is 16.3 Å². The first-order chi connectivity index (χ1) is 11.4. The summed E-state index contributed by atoms with van der Waals surface area (Å²) in [5, 5.41) is 2.30. The van der Waals surface area contributed by atoms with Crippen LogP contribution in [0.5, 0.6) is 0 Å². The summed E-state index contributed by atoms with van der Waals surface area (Å²) in [5.41, 5.74) is 0.227. The van der Waals surface area contributed by atoms with Crippen molar-refractivity contribution in [1.29, 1.82) is 0 Å². The molecule has 126 valence electrons. The molecule has 4 nitrogen and oxygen atoms in total. The molecule has 24 heavy (non-hydrogen) atoms. The normalized spacial score (nSPS) is 10.3. The number of thioether (sulfide) groups is 1. The van der Waals surface area contributed by atoms with Crippen molar-refractivity contribution >= 4 is 40.9 Å². The van der Waals surface area contributed by atoms with Crippen molar-refractivity contribution in [3.63, 3.8) is 0 Å². The summed E-state index contributed by atoms with van der Waals surface area (Å²) in [4.78, 5) is 24.5. The molecule has 0 spiro atoms. The molecule has 0 saturated carbocycles. The van der Waals surface area contributed by atoms with Gasteiger partial charge in [0.25, 0.3) is 5.91 Å². The number of hydrogen-bond donors (Lipinski definition) is 1. The maximum atomic E-state index is 13.2. The molecule has 1 amide bonds. The highest BCUT2D eigenvalue weighted by molar-refractivity contribution is 7.98. The minimum atomic E-state index is -1.23. The SMILES string of the molecule is CSc1ccccc1NC(=O)COC(=O)c1cc(F)c(F)cc1Cl. The number of carbonyl (C=O) groups is 2. The predicted molar refractivity (Wildman–Crippen MR) is 88.5 cm³/mol. The minimum Gasteiger partial charge on any atom is -0.452 e. The van der Waals surface area contributed by atoms with Gasteiger partial charge in [0.15, 0.2) is 18.2 Å². The lowest BCUT2D eigenvalue weighted by molar-refractivity contribution is -0.119. The first-order valence-electron chi connectivity index (χ1n) is 6.67. The average Bonchev–Trinajstić information content (AvgIpc) is 2.56. The van der Waals surface area contributed by atoms with E-state index in [2.05, 4.69) is 5.32 Å². The third kappa shape index (κ3) is 4.46. The van der Waals surface area contributed by atoms with Crippen LogP contribution in [0.1, 0.15) is 10.4 Å². The van der Waals surface area contributed by atoms with Crippen LogP contribution < -0.4 is 5.32 Å². The molecule has 0 saturated heterocycles. The van der Waals surface area contributed by atoms with E-state index in [1.165, 1.54) is 11.8 Å². The summed E-state index contributed by atoms with van der Waals surface area (Å²) in [5.74, 6) is -4.00. The summed E-state index contributed by atoms with van der Waals surface area (Å²) in [6, 6.07) is 8.41. The van der Waals surface area contributed by atoms with Gasteiger partial charge in [-0.2, -0.15) is 0 Å². The number of esters is 1. The number of nitrogens with one attached hydrogen (secondary N) is 1. The van der Waals surface area contributed by atoms with Gasteiger partial charge >= 0.3 is 5.97 Å². The Hall–Kier alpha value is -2.12. The van der Waals surface area contributed by atoms with E-state index in [9.17, 15) is 18.4 Å². The second-order valence-electron chi connectivity index (χ2n) is 4.57. The van der Waals surface area contributed by atoms with E-state index >= 15 is 0 Å². The van der Waals surface area contributed by atoms with Crippen molar-refractivity contribution < 1.29 is 23.1 Å². The second kappa shape index (κ2) is 8.12. The molecule has 0 unspecified atom stereocenters. The van der Waals surface area contributed by atoms with Gasteiger partial charge in [0.2, 0.25) is 0 Å². The fourth-order valence-corrected chi connectivity index (χ4v) is 2.60. The molecule has 0 aliphatic carbocycles. The molecule has 0 radical (unpaired) electrons. The molecule has 0 heterocycles. The van der Waals surface area contributed by atoms with Crippen LogP contribution in [0.2, 0.25) is 5.02 Å².